The molecule has 9 heteroatoms. The second kappa shape index (κ2) is 14.0. The lowest BCUT2D eigenvalue weighted by Crippen LogP contribution is -2.52. The van der Waals surface area contributed by atoms with Gasteiger partial charge in [0.15, 0.2) is 6.10 Å². The number of rotatable bonds is 13. The predicted octanol–water partition coefficient (Wildman–Crippen LogP) is 3.80. The second-order valence-electron chi connectivity index (χ2n) is 8.75. The third-order valence-electron chi connectivity index (χ3n) is 5.78. The topological polar surface area (TPSA) is 90.8 Å². The van der Waals surface area contributed by atoms with E-state index in [1.165, 1.54) is 5.56 Å². The van der Waals surface area contributed by atoms with Gasteiger partial charge in [-0.05, 0) is 65.9 Å². The van der Waals surface area contributed by atoms with Crippen LogP contribution < -0.4 is 15.4 Å². The van der Waals surface area contributed by atoms with Crippen LogP contribution in [0.2, 0.25) is 5.02 Å². The summed E-state index contributed by atoms with van der Waals surface area (Å²) >= 11 is 5.84. The molecule has 3 aromatic carbocycles. The average Bonchev–Trinajstić information content (AvgIpc) is 2.87. The standard InChI is InChI=1S/C28H31ClF2N2O4/c1-2-18-4-3-5-19(10-18)15-32-16-26(34)25(13-20-11-22(30)14-23(31)12-20)33-28(36)27(35)17-37-24-8-6-21(29)7-9-24/h3-12,14,25-27,32,34-35H,2,13,15-17H2,1H3,(H,33,36)/t25-,26-,27?/m0/s1. The van der Waals surface area contributed by atoms with E-state index in [0.717, 1.165) is 30.2 Å². The maximum absolute atomic E-state index is 13.7. The lowest BCUT2D eigenvalue weighted by molar-refractivity contribution is -0.132. The highest BCUT2D eigenvalue weighted by Gasteiger charge is 2.26. The van der Waals surface area contributed by atoms with Gasteiger partial charge in [-0.25, -0.2) is 8.78 Å². The van der Waals surface area contributed by atoms with Crippen LogP contribution in [0, 0.1) is 11.6 Å². The first-order valence-electron chi connectivity index (χ1n) is 12.0. The molecule has 0 aliphatic carbocycles. The molecular weight excluding hydrogens is 502 g/mol. The molecule has 4 N–H and O–H groups in total. The normalized spacial score (nSPS) is 13.6. The molecule has 0 radical (unpaired) electrons. The highest BCUT2D eigenvalue weighted by molar-refractivity contribution is 6.30. The molecule has 0 spiro atoms. The van der Waals surface area contributed by atoms with Crippen molar-refractivity contribution in [2.45, 2.75) is 44.6 Å². The van der Waals surface area contributed by atoms with E-state index < -0.39 is 35.8 Å². The third-order valence-corrected chi connectivity index (χ3v) is 6.03. The largest absolute Gasteiger partial charge is 0.490 e. The first-order valence-corrected chi connectivity index (χ1v) is 12.4. The number of aliphatic hydroxyl groups excluding tert-OH is 2. The zero-order chi connectivity index (χ0) is 26.8. The number of halogens is 3. The molecule has 1 amide bonds. The monoisotopic (exact) mass is 532 g/mol. The van der Waals surface area contributed by atoms with E-state index >= 15 is 0 Å². The van der Waals surface area contributed by atoms with E-state index in [-0.39, 0.29) is 25.1 Å². The van der Waals surface area contributed by atoms with Gasteiger partial charge in [0.2, 0.25) is 0 Å². The van der Waals surface area contributed by atoms with Gasteiger partial charge in [0, 0.05) is 24.2 Å². The zero-order valence-electron chi connectivity index (χ0n) is 20.5. The van der Waals surface area contributed by atoms with Gasteiger partial charge in [-0.15, -0.1) is 0 Å². The Labute approximate surface area is 220 Å². The zero-order valence-corrected chi connectivity index (χ0v) is 21.2. The lowest BCUT2D eigenvalue weighted by atomic mass is 10.00. The molecule has 3 rings (SSSR count). The second-order valence-corrected chi connectivity index (χ2v) is 9.19. The van der Waals surface area contributed by atoms with Crippen LogP contribution in [0.1, 0.15) is 23.6 Å². The summed E-state index contributed by atoms with van der Waals surface area (Å²) in [6.45, 7) is 2.30. The summed E-state index contributed by atoms with van der Waals surface area (Å²) in [6.07, 6.45) is -1.81. The van der Waals surface area contributed by atoms with Gasteiger partial charge in [-0.3, -0.25) is 4.79 Å². The third kappa shape index (κ3) is 9.40. The Morgan fingerprint density at radius 1 is 0.973 bits per heavy atom. The molecule has 198 valence electrons. The fraction of sp³-hybridized carbons (Fsp3) is 0.321. The van der Waals surface area contributed by atoms with E-state index in [4.69, 9.17) is 16.3 Å². The van der Waals surface area contributed by atoms with Gasteiger partial charge >= 0.3 is 0 Å². The van der Waals surface area contributed by atoms with Crippen molar-refractivity contribution >= 4 is 17.5 Å². The Hall–Kier alpha value is -3.04. The van der Waals surface area contributed by atoms with Crippen LogP contribution in [0.25, 0.3) is 0 Å². The van der Waals surface area contributed by atoms with Crippen molar-refractivity contribution in [2.24, 2.45) is 0 Å². The highest BCUT2D eigenvalue weighted by atomic mass is 35.5. The molecular formula is C28H31ClF2N2O4. The Morgan fingerprint density at radius 3 is 2.32 bits per heavy atom. The quantitative estimate of drug-likeness (QED) is 0.269. The molecule has 37 heavy (non-hydrogen) atoms. The Balaban J connectivity index is 1.63. The number of ether oxygens (including phenoxy) is 1. The van der Waals surface area contributed by atoms with Gasteiger partial charge < -0.3 is 25.6 Å². The van der Waals surface area contributed by atoms with Crippen molar-refractivity contribution in [1.29, 1.82) is 0 Å². The summed E-state index contributed by atoms with van der Waals surface area (Å²) < 4.78 is 32.9. The SMILES string of the molecule is CCc1cccc(CNC[C@H](O)[C@H](Cc2cc(F)cc(F)c2)NC(=O)C(O)COc2ccc(Cl)cc2)c1. The molecule has 0 aromatic heterocycles. The van der Waals surface area contributed by atoms with Crippen LogP contribution in [0.5, 0.6) is 5.75 Å². The number of nitrogens with one attached hydrogen (secondary N) is 2. The molecule has 0 bridgehead atoms. The molecule has 0 saturated heterocycles. The Bertz CT molecular complexity index is 1140. The summed E-state index contributed by atoms with van der Waals surface area (Å²) in [5, 5.41) is 27.4. The summed E-state index contributed by atoms with van der Waals surface area (Å²) in [4.78, 5) is 12.7. The molecule has 0 heterocycles. The fourth-order valence-electron chi connectivity index (χ4n) is 3.79. The van der Waals surface area contributed by atoms with E-state index in [0.29, 0.717) is 17.3 Å². The summed E-state index contributed by atoms with van der Waals surface area (Å²) in [6, 6.07) is 16.5. The van der Waals surface area contributed by atoms with Crippen LogP contribution in [-0.2, 0) is 24.2 Å². The van der Waals surface area contributed by atoms with E-state index in [1.54, 1.807) is 24.3 Å². The predicted molar refractivity (Wildman–Crippen MR) is 138 cm³/mol. The number of carbonyl (C=O) groups is 1. The summed E-state index contributed by atoms with van der Waals surface area (Å²) in [7, 11) is 0. The molecule has 3 aromatic rings. The molecule has 0 saturated carbocycles. The molecule has 6 nitrogen and oxygen atoms in total. The van der Waals surface area contributed by atoms with Gasteiger partial charge in [0.1, 0.15) is 24.0 Å². The number of hydrogen-bond acceptors (Lipinski definition) is 5. The van der Waals surface area contributed by atoms with Crippen LogP contribution in [-0.4, -0.2) is 47.5 Å². The van der Waals surface area contributed by atoms with Gasteiger partial charge in [0.05, 0.1) is 12.1 Å². The van der Waals surface area contributed by atoms with Crippen molar-refractivity contribution in [3.05, 3.63) is 100 Å². The van der Waals surface area contributed by atoms with Crippen molar-refractivity contribution in [3.8, 4) is 5.75 Å². The van der Waals surface area contributed by atoms with Crippen molar-refractivity contribution < 1.29 is 28.5 Å². The maximum atomic E-state index is 13.7. The van der Waals surface area contributed by atoms with Gasteiger partial charge in [-0.2, -0.15) is 0 Å². The minimum atomic E-state index is -1.54. The minimum Gasteiger partial charge on any atom is -0.490 e. The fourth-order valence-corrected chi connectivity index (χ4v) is 3.92. The molecule has 3 atom stereocenters. The number of aliphatic hydroxyl groups is 2. The number of benzene rings is 3. The van der Waals surface area contributed by atoms with Crippen LogP contribution in [0.3, 0.4) is 0 Å². The number of amides is 1. The van der Waals surface area contributed by atoms with Gasteiger partial charge in [0.25, 0.3) is 5.91 Å². The number of carbonyl (C=O) groups excluding carboxylic acids is 1. The van der Waals surface area contributed by atoms with Crippen LogP contribution >= 0.6 is 11.6 Å². The van der Waals surface area contributed by atoms with Crippen molar-refractivity contribution in [2.75, 3.05) is 13.2 Å². The van der Waals surface area contributed by atoms with Crippen LogP contribution in [0.4, 0.5) is 8.78 Å². The average molecular weight is 533 g/mol. The van der Waals surface area contributed by atoms with E-state index in [9.17, 15) is 23.8 Å². The van der Waals surface area contributed by atoms with Gasteiger partial charge in [-0.1, -0.05) is 42.8 Å². The smallest absolute Gasteiger partial charge is 0.252 e. The van der Waals surface area contributed by atoms with Crippen molar-refractivity contribution in [3.63, 3.8) is 0 Å². The highest BCUT2D eigenvalue weighted by Crippen LogP contribution is 2.16. The van der Waals surface area contributed by atoms with Crippen molar-refractivity contribution in [1.82, 2.24) is 10.6 Å². The molecule has 1 unspecified atom stereocenters. The molecule has 0 aliphatic rings. The number of hydrogen-bond donors (Lipinski definition) is 4. The molecule has 0 fully saturated rings. The maximum Gasteiger partial charge on any atom is 0.252 e. The van der Waals surface area contributed by atoms with E-state index in [2.05, 4.69) is 23.6 Å². The lowest BCUT2D eigenvalue weighted by Gasteiger charge is -2.26. The Morgan fingerprint density at radius 2 is 1.65 bits per heavy atom. The minimum absolute atomic E-state index is 0.0562. The van der Waals surface area contributed by atoms with E-state index in [1.807, 2.05) is 18.2 Å². The molecule has 0 aliphatic heterocycles. The number of aryl methyl sites for hydroxylation is 1. The first-order chi connectivity index (χ1) is 17.7. The summed E-state index contributed by atoms with van der Waals surface area (Å²) in [5.41, 5.74) is 2.48. The Kier molecular flexibility index (Phi) is 10.8. The van der Waals surface area contributed by atoms with Crippen LogP contribution in [0.15, 0.2) is 66.7 Å². The first kappa shape index (κ1) is 28.5. The summed E-state index contributed by atoms with van der Waals surface area (Å²) in [5.74, 6) is -1.90.